The van der Waals surface area contributed by atoms with Crippen LogP contribution in [0, 0.1) is 5.92 Å². The predicted molar refractivity (Wildman–Crippen MR) is 216 cm³/mol. The fourth-order valence-corrected chi connectivity index (χ4v) is 8.53. The summed E-state index contributed by atoms with van der Waals surface area (Å²) in [6, 6.07) is 40.1. The van der Waals surface area contributed by atoms with Crippen LogP contribution in [-0.4, -0.2) is 27.2 Å². The maximum absolute atomic E-state index is 6.57. The molecule has 0 fully saturated rings. The molecular formula is C48H34N4O. The molecule has 5 heterocycles. The summed E-state index contributed by atoms with van der Waals surface area (Å²) in [7, 11) is 0. The van der Waals surface area contributed by atoms with Gasteiger partial charge >= 0.3 is 0 Å². The van der Waals surface area contributed by atoms with Crippen LogP contribution in [0.1, 0.15) is 34.9 Å². The molecule has 11 rings (SSSR count). The SMILES string of the molecule is C1=CC(C2=NCC(c3ccc4ccc5ccc(-c6ccccc6)nc5c4n3)C=C2)CC=C1c1nc2ccccc2c2c1CCc1c-2oc2ccccc12. The largest absolute Gasteiger partial charge is 0.456 e. The zero-order valence-corrected chi connectivity index (χ0v) is 29.0. The van der Waals surface area contributed by atoms with E-state index in [-0.39, 0.29) is 11.8 Å². The number of aromatic nitrogens is 3. The van der Waals surface area contributed by atoms with E-state index in [0.29, 0.717) is 6.54 Å². The van der Waals surface area contributed by atoms with Crippen LogP contribution in [0.4, 0.5) is 0 Å². The highest BCUT2D eigenvalue weighted by Gasteiger charge is 2.29. The van der Waals surface area contributed by atoms with Crippen molar-refractivity contribution in [2.24, 2.45) is 10.9 Å². The molecule has 252 valence electrons. The van der Waals surface area contributed by atoms with Crippen molar-refractivity contribution < 1.29 is 4.42 Å². The lowest BCUT2D eigenvalue weighted by molar-refractivity contribution is 0.622. The van der Waals surface area contributed by atoms with Crippen molar-refractivity contribution in [1.82, 2.24) is 15.0 Å². The van der Waals surface area contributed by atoms with Crippen LogP contribution in [0.5, 0.6) is 0 Å². The van der Waals surface area contributed by atoms with Crippen molar-refractivity contribution in [2.75, 3.05) is 6.54 Å². The van der Waals surface area contributed by atoms with Gasteiger partial charge in [-0.1, -0.05) is 115 Å². The normalized spacial score (nSPS) is 18.0. The van der Waals surface area contributed by atoms with Gasteiger partial charge in [0.1, 0.15) is 11.3 Å². The van der Waals surface area contributed by atoms with Crippen LogP contribution in [0.2, 0.25) is 0 Å². The minimum absolute atomic E-state index is 0.117. The number of hydrogen-bond acceptors (Lipinski definition) is 5. The smallest absolute Gasteiger partial charge is 0.139 e. The highest BCUT2D eigenvalue weighted by Crippen LogP contribution is 2.45. The standard InChI is InChI=1S/C48H34N4O/c1-2-8-29(9-3-1)40-26-20-32-18-19-33-21-27-41(51-47(33)46(32)50-40)34-22-25-39(49-28-34)30-14-16-31(17-15-30)45-38-24-23-36-35-10-5-7-13-43(35)53-48(36)44(38)37-11-4-6-12-42(37)52-45/h1-14,16-22,25-27,30,34H,15,23-24,28H2. The first kappa shape index (κ1) is 30.2. The summed E-state index contributed by atoms with van der Waals surface area (Å²) < 4.78 is 6.57. The van der Waals surface area contributed by atoms with E-state index in [2.05, 4.69) is 140 Å². The Bertz CT molecular complexity index is 2910. The Morgan fingerprint density at radius 2 is 1.34 bits per heavy atom. The Morgan fingerprint density at radius 1 is 0.604 bits per heavy atom. The second-order valence-electron chi connectivity index (χ2n) is 14.3. The topological polar surface area (TPSA) is 64.2 Å². The maximum Gasteiger partial charge on any atom is 0.139 e. The highest BCUT2D eigenvalue weighted by atomic mass is 16.3. The van der Waals surface area contributed by atoms with E-state index in [1.54, 1.807) is 0 Å². The Kier molecular flexibility index (Phi) is 6.87. The number of pyridine rings is 3. The fraction of sp³-hybridized carbons (Fsp3) is 0.125. The summed E-state index contributed by atoms with van der Waals surface area (Å²) in [5, 5.41) is 4.57. The molecular weight excluding hydrogens is 649 g/mol. The molecule has 0 spiro atoms. The average Bonchev–Trinajstić information content (AvgIpc) is 3.62. The second kappa shape index (κ2) is 12.1. The van der Waals surface area contributed by atoms with Crippen molar-refractivity contribution >= 4 is 55.0 Å². The van der Waals surface area contributed by atoms with Crippen LogP contribution in [-0.2, 0) is 12.8 Å². The van der Waals surface area contributed by atoms with E-state index in [1.165, 1.54) is 27.6 Å². The third kappa shape index (κ3) is 4.99. The van der Waals surface area contributed by atoms with Gasteiger partial charge in [0.05, 0.1) is 34.5 Å². The molecule has 3 aliphatic rings. The van der Waals surface area contributed by atoms with E-state index < -0.39 is 0 Å². The molecule has 0 saturated heterocycles. The number of hydrogen-bond donors (Lipinski definition) is 0. The minimum Gasteiger partial charge on any atom is -0.456 e. The van der Waals surface area contributed by atoms with Crippen LogP contribution in [0.25, 0.3) is 71.8 Å². The number of benzene rings is 4. The molecule has 2 atom stereocenters. The van der Waals surface area contributed by atoms with Crippen molar-refractivity contribution in [3.05, 3.63) is 168 Å². The van der Waals surface area contributed by atoms with Crippen molar-refractivity contribution in [2.45, 2.75) is 25.2 Å². The Morgan fingerprint density at radius 3 is 2.17 bits per heavy atom. The van der Waals surface area contributed by atoms with Gasteiger partial charge < -0.3 is 4.42 Å². The molecule has 2 unspecified atom stereocenters. The number of nitrogens with zero attached hydrogens (tertiary/aromatic N) is 4. The van der Waals surface area contributed by atoms with Crippen LogP contribution >= 0.6 is 0 Å². The lowest BCUT2D eigenvalue weighted by Gasteiger charge is -2.24. The van der Waals surface area contributed by atoms with Crippen LogP contribution < -0.4 is 0 Å². The Hall–Kier alpha value is -6.46. The van der Waals surface area contributed by atoms with Crippen LogP contribution in [0.3, 0.4) is 0 Å². The Labute approximate surface area is 306 Å². The first-order chi connectivity index (χ1) is 26.2. The average molecular weight is 683 g/mol. The summed E-state index contributed by atoms with van der Waals surface area (Å²) in [6.07, 6.45) is 14.2. The van der Waals surface area contributed by atoms with Gasteiger partial charge in [-0.2, -0.15) is 0 Å². The zero-order chi connectivity index (χ0) is 34.9. The summed E-state index contributed by atoms with van der Waals surface area (Å²) in [5.41, 5.74) is 14.1. The zero-order valence-electron chi connectivity index (χ0n) is 29.0. The summed E-state index contributed by atoms with van der Waals surface area (Å²) >= 11 is 0. The van der Waals surface area contributed by atoms with E-state index in [4.69, 9.17) is 24.4 Å². The lowest BCUT2D eigenvalue weighted by atomic mass is 9.83. The van der Waals surface area contributed by atoms with Gasteiger partial charge in [-0.05, 0) is 60.7 Å². The number of fused-ring (bicyclic) bond motifs is 10. The first-order valence-electron chi connectivity index (χ1n) is 18.5. The molecule has 4 aromatic heterocycles. The molecule has 5 nitrogen and oxygen atoms in total. The Balaban J connectivity index is 0.870. The summed E-state index contributed by atoms with van der Waals surface area (Å²) in [4.78, 5) is 20.7. The van der Waals surface area contributed by atoms with Gasteiger partial charge in [-0.15, -0.1) is 0 Å². The van der Waals surface area contributed by atoms with Gasteiger partial charge in [0, 0.05) is 61.5 Å². The molecule has 0 N–H and O–H groups in total. The number of allylic oxidation sites excluding steroid dienone is 5. The molecule has 5 heteroatoms. The van der Waals surface area contributed by atoms with Gasteiger partial charge in [-0.3, -0.25) is 4.99 Å². The van der Waals surface area contributed by atoms with Gasteiger partial charge in [0.25, 0.3) is 0 Å². The quantitative estimate of drug-likeness (QED) is 0.173. The van der Waals surface area contributed by atoms with Gasteiger partial charge in [0.2, 0.25) is 0 Å². The number of dihydropyridines is 1. The molecule has 0 amide bonds. The van der Waals surface area contributed by atoms with Gasteiger partial charge in [0.15, 0.2) is 0 Å². The lowest BCUT2D eigenvalue weighted by Crippen LogP contribution is -2.18. The third-order valence-corrected chi connectivity index (χ3v) is 11.3. The molecule has 53 heavy (non-hydrogen) atoms. The number of aryl methyl sites for hydroxylation is 1. The molecule has 0 bridgehead atoms. The molecule has 1 aliphatic heterocycles. The highest BCUT2D eigenvalue weighted by molar-refractivity contribution is 6.05. The monoisotopic (exact) mass is 682 g/mol. The molecule has 2 aliphatic carbocycles. The maximum atomic E-state index is 6.57. The summed E-state index contributed by atoms with van der Waals surface area (Å²) in [6.45, 7) is 0.679. The first-order valence-corrected chi connectivity index (χ1v) is 18.5. The van der Waals surface area contributed by atoms with Crippen molar-refractivity contribution in [3.63, 3.8) is 0 Å². The third-order valence-electron chi connectivity index (χ3n) is 11.3. The van der Waals surface area contributed by atoms with Crippen LogP contribution in [0.15, 0.2) is 155 Å². The number of para-hydroxylation sites is 2. The number of furan rings is 1. The molecule has 0 saturated carbocycles. The molecule has 0 radical (unpaired) electrons. The minimum atomic E-state index is 0.117. The van der Waals surface area contributed by atoms with Gasteiger partial charge in [-0.25, -0.2) is 15.0 Å². The number of rotatable bonds is 4. The van der Waals surface area contributed by atoms with E-state index in [9.17, 15) is 0 Å². The number of aliphatic imine (C=N–C) groups is 1. The van der Waals surface area contributed by atoms with E-state index >= 15 is 0 Å². The molecule has 8 aromatic rings. The van der Waals surface area contributed by atoms with E-state index in [0.717, 1.165) is 91.7 Å². The fourth-order valence-electron chi connectivity index (χ4n) is 8.53. The second-order valence-corrected chi connectivity index (χ2v) is 14.3. The van der Waals surface area contributed by atoms with Crippen molar-refractivity contribution in [3.8, 4) is 22.6 Å². The van der Waals surface area contributed by atoms with E-state index in [1.807, 2.05) is 6.07 Å². The molecule has 4 aromatic carbocycles. The predicted octanol–water partition coefficient (Wildman–Crippen LogP) is 11.3. The van der Waals surface area contributed by atoms with Crippen molar-refractivity contribution in [1.29, 1.82) is 0 Å². The summed E-state index contributed by atoms with van der Waals surface area (Å²) in [5.74, 6) is 1.35.